The largest absolute Gasteiger partial charge is 0.294 e. The summed E-state index contributed by atoms with van der Waals surface area (Å²) in [5.74, 6) is 0.398. The normalized spacial score (nSPS) is 16.1. The first-order valence-corrected chi connectivity index (χ1v) is 6.36. The quantitative estimate of drug-likeness (QED) is 0.883. The average molecular weight is 256 g/mol. The molecule has 0 aliphatic heterocycles. The minimum atomic E-state index is -0.385. The van der Waals surface area contributed by atoms with Crippen molar-refractivity contribution in [1.82, 2.24) is 15.2 Å². The van der Waals surface area contributed by atoms with Gasteiger partial charge >= 0.3 is 0 Å². The Bertz CT molecular complexity index is 594. The Morgan fingerprint density at radius 1 is 1.26 bits per heavy atom. The van der Waals surface area contributed by atoms with Gasteiger partial charge in [0.2, 0.25) is 11.9 Å². The standard InChI is InChI=1S/C14H16N4O/c1-9-5-10(2)7-11(6-9)14(3-4-14)12(19)17-13-15-8-16-18-13/h5-8H,3-4H2,1-2H3,(H2,15,16,17,18,19). The second-order valence-electron chi connectivity index (χ2n) is 5.25. The number of aromatic nitrogens is 3. The highest BCUT2D eigenvalue weighted by Crippen LogP contribution is 2.49. The van der Waals surface area contributed by atoms with E-state index in [9.17, 15) is 4.79 Å². The smallest absolute Gasteiger partial charge is 0.237 e. The molecule has 1 aromatic carbocycles. The number of carbonyl (C=O) groups excluding carboxylic acids is 1. The third kappa shape index (κ3) is 2.12. The first-order valence-electron chi connectivity index (χ1n) is 6.36. The van der Waals surface area contributed by atoms with Crippen molar-refractivity contribution in [1.29, 1.82) is 0 Å². The van der Waals surface area contributed by atoms with Crippen LogP contribution in [0.1, 0.15) is 29.5 Å². The van der Waals surface area contributed by atoms with E-state index < -0.39 is 0 Å². The number of aryl methyl sites for hydroxylation is 2. The number of amides is 1. The Labute approximate surface area is 111 Å². The van der Waals surface area contributed by atoms with E-state index in [0.29, 0.717) is 5.95 Å². The number of nitrogens with one attached hydrogen (secondary N) is 2. The van der Waals surface area contributed by atoms with Crippen LogP contribution in [0, 0.1) is 13.8 Å². The fourth-order valence-corrected chi connectivity index (χ4v) is 2.52. The van der Waals surface area contributed by atoms with Crippen molar-refractivity contribution in [3.63, 3.8) is 0 Å². The molecule has 1 saturated carbocycles. The summed E-state index contributed by atoms with van der Waals surface area (Å²) in [6, 6.07) is 6.31. The summed E-state index contributed by atoms with van der Waals surface area (Å²) < 4.78 is 0. The second-order valence-corrected chi connectivity index (χ2v) is 5.25. The lowest BCUT2D eigenvalue weighted by molar-refractivity contribution is -0.118. The maximum Gasteiger partial charge on any atom is 0.237 e. The molecule has 0 saturated heterocycles. The lowest BCUT2D eigenvalue weighted by Gasteiger charge is -2.16. The third-order valence-corrected chi connectivity index (χ3v) is 3.61. The zero-order valence-electron chi connectivity index (χ0n) is 11.0. The van der Waals surface area contributed by atoms with Crippen LogP contribution in [-0.4, -0.2) is 21.1 Å². The number of H-pyrrole nitrogens is 1. The molecule has 5 heteroatoms. The van der Waals surface area contributed by atoms with Gasteiger partial charge in [0.05, 0.1) is 5.41 Å². The zero-order valence-corrected chi connectivity index (χ0v) is 11.0. The number of carbonyl (C=O) groups is 1. The molecule has 5 nitrogen and oxygen atoms in total. The Morgan fingerprint density at radius 3 is 2.47 bits per heavy atom. The predicted molar refractivity (Wildman–Crippen MR) is 71.8 cm³/mol. The molecule has 1 aromatic heterocycles. The number of aromatic amines is 1. The number of hydrogen-bond acceptors (Lipinski definition) is 3. The summed E-state index contributed by atoms with van der Waals surface area (Å²) in [7, 11) is 0. The summed E-state index contributed by atoms with van der Waals surface area (Å²) in [6.07, 6.45) is 3.15. The molecule has 3 rings (SSSR count). The van der Waals surface area contributed by atoms with Gasteiger partial charge in [-0.15, -0.1) is 0 Å². The lowest BCUT2D eigenvalue weighted by Crippen LogP contribution is -2.28. The topological polar surface area (TPSA) is 70.7 Å². The van der Waals surface area contributed by atoms with Crippen LogP contribution in [-0.2, 0) is 10.2 Å². The first-order chi connectivity index (χ1) is 9.10. The first kappa shape index (κ1) is 11.9. The fraction of sp³-hybridized carbons (Fsp3) is 0.357. The van der Waals surface area contributed by atoms with Gasteiger partial charge in [0.1, 0.15) is 6.33 Å². The molecule has 2 aromatic rings. The van der Waals surface area contributed by atoms with Crippen LogP contribution in [0.15, 0.2) is 24.5 Å². The number of anilines is 1. The van der Waals surface area contributed by atoms with E-state index in [2.05, 4.69) is 52.5 Å². The maximum absolute atomic E-state index is 12.4. The van der Waals surface area contributed by atoms with Crippen LogP contribution in [0.2, 0.25) is 0 Å². The molecule has 19 heavy (non-hydrogen) atoms. The third-order valence-electron chi connectivity index (χ3n) is 3.61. The summed E-state index contributed by atoms with van der Waals surface area (Å²) in [5.41, 5.74) is 3.09. The minimum absolute atomic E-state index is 0.00532. The van der Waals surface area contributed by atoms with Crippen LogP contribution in [0.4, 0.5) is 5.95 Å². The molecule has 0 atom stereocenters. The second kappa shape index (κ2) is 4.19. The molecule has 1 amide bonds. The Balaban J connectivity index is 1.88. The molecule has 1 aliphatic rings. The number of nitrogens with zero attached hydrogens (tertiary/aromatic N) is 2. The maximum atomic E-state index is 12.4. The van der Waals surface area contributed by atoms with E-state index in [4.69, 9.17) is 0 Å². The van der Waals surface area contributed by atoms with Crippen molar-refractivity contribution < 1.29 is 4.79 Å². The van der Waals surface area contributed by atoms with Gasteiger partial charge in [-0.3, -0.25) is 10.1 Å². The summed E-state index contributed by atoms with van der Waals surface area (Å²) in [6.45, 7) is 4.11. The van der Waals surface area contributed by atoms with Crippen molar-refractivity contribution in [3.8, 4) is 0 Å². The van der Waals surface area contributed by atoms with E-state index in [1.54, 1.807) is 0 Å². The van der Waals surface area contributed by atoms with Crippen LogP contribution >= 0.6 is 0 Å². The lowest BCUT2D eigenvalue weighted by atomic mass is 9.92. The van der Waals surface area contributed by atoms with E-state index in [0.717, 1.165) is 18.4 Å². The molecule has 1 aliphatic carbocycles. The van der Waals surface area contributed by atoms with Crippen molar-refractivity contribution in [2.45, 2.75) is 32.1 Å². The van der Waals surface area contributed by atoms with E-state index in [1.807, 2.05) is 0 Å². The predicted octanol–water partition coefficient (Wildman–Crippen LogP) is 2.09. The Kier molecular flexibility index (Phi) is 2.62. The van der Waals surface area contributed by atoms with Gasteiger partial charge in [0.15, 0.2) is 0 Å². The van der Waals surface area contributed by atoms with Crippen LogP contribution in [0.5, 0.6) is 0 Å². The van der Waals surface area contributed by atoms with Crippen LogP contribution in [0.3, 0.4) is 0 Å². The molecular formula is C14H16N4O. The Morgan fingerprint density at radius 2 is 1.95 bits per heavy atom. The highest BCUT2D eigenvalue weighted by Gasteiger charge is 2.51. The number of hydrogen-bond donors (Lipinski definition) is 2. The van der Waals surface area contributed by atoms with E-state index >= 15 is 0 Å². The molecule has 0 radical (unpaired) electrons. The Hall–Kier alpha value is -2.17. The molecule has 0 unspecified atom stereocenters. The molecule has 2 N–H and O–H groups in total. The van der Waals surface area contributed by atoms with Gasteiger partial charge in [-0.2, -0.15) is 10.1 Å². The molecular weight excluding hydrogens is 240 g/mol. The van der Waals surface area contributed by atoms with Gasteiger partial charge in [0, 0.05) is 0 Å². The number of benzene rings is 1. The van der Waals surface area contributed by atoms with E-state index in [-0.39, 0.29) is 11.3 Å². The van der Waals surface area contributed by atoms with Crippen LogP contribution in [0.25, 0.3) is 0 Å². The van der Waals surface area contributed by atoms with Gasteiger partial charge in [-0.25, -0.2) is 5.10 Å². The molecule has 98 valence electrons. The molecule has 1 fully saturated rings. The van der Waals surface area contributed by atoms with Crippen molar-refractivity contribution in [2.75, 3.05) is 5.32 Å². The minimum Gasteiger partial charge on any atom is -0.294 e. The molecule has 1 heterocycles. The van der Waals surface area contributed by atoms with Crippen molar-refractivity contribution >= 4 is 11.9 Å². The van der Waals surface area contributed by atoms with Gasteiger partial charge in [-0.05, 0) is 32.3 Å². The molecule has 0 spiro atoms. The summed E-state index contributed by atoms with van der Waals surface area (Å²) in [4.78, 5) is 16.3. The fourth-order valence-electron chi connectivity index (χ4n) is 2.52. The van der Waals surface area contributed by atoms with Gasteiger partial charge < -0.3 is 0 Å². The molecule has 0 bridgehead atoms. The highest BCUT2D eigenvalue weighted by molar-refractivity contribution is 6.00. The van der Waals surface area contributed by atoms with Crippen LogP contribution < -0.4 is 5.32 Å². The zero-order chi connectivity index (χ0) is 13.5. The van der Waals surface area contributed by atoms with Crippen molar-refractivity contribution in [2.24, 2.45) is 0 Å². The number of rotatable bonds is 3. The summed E-state index contributed by atoms with van der Waals surface area (Å²) >= 11 is 0. The van der Waals surface area contributed by atoms with E-state index in [1.165, 1.54) is 17.5 Å². The SMILES string of the molecule is Cc1cc(C)cc(C2(C(=O)Nc3ncn[nH]3)CC2)c1. The summed E-state index contributed by atoms with van der Waals surface area (Å²) in [5, 5.41) is 9.17. The average Bonchev–Trinajstić information content (AvgIpc) is 3.02. The monoisotopic (exact) mass is 256 g/mol. The van der Waals surface area contributed by atoms with Crippen molar-refractivity contribution in [3.05, 3.63) is 41.2 Å². The van der Waals surface area contributed by atoms with Gasteiger partial charge in [0.25, 0.3) is 0 Å². The van der Waals surface area contributed by atoms with Gasteiger partial charge in [-0.1, -0.05) is 29.3 Å². The highest BCUT2D eigenvalue weighted by atomic mass is 16.2.